The molecule has 3 aromatic rings. The molecule has 0 spiro atoms. The first-order valence-corrected chi connectivity index (χ1v) is 11.5. The molecule has 0 saturated carbocycles. The number of carbonyl (C=O) groups is 1. The van der Waals surface area contributed by atoms with Gasteiger partial charge in [0.15, 0.2) is 9.84 Å². The van der Waals surface area contributed by atoms with Crippen molar-refractivity contribution >= 4 is 56.2 Å². The van der Waals surface area contributed by atoms with Crippen molar-refractivity contribution in [2.75, 3.05) is 0 Å². The maximum Gasteiger partial charge on any atom is 0.204 e. The number of halogens is 2. The summed E-state index contributed by atoms with van der Waals surface area (Å²) in [6.45, 7) is 1.92. The molecule has 0 unspecified atom stereocenters. The molecule has 7 heteroatoms. The van der Waals surface area contributed by atoms with Crippen LogP contribution in [0, 0.1) is 6.92 Å². The second-order valence-electron chi connectivity index (χ2n) is 6.18. The van der Waals surface area contributed by atoms with Crippen LogP contribution in [0.15, 0.2) is 65.6 Å². The maximum atomic E-state index is 13.1. The van der Waals surface area contributed by atoms with Gasteiger partial charge in [0.25, 0.3) is 0 Å². The fourth-order valence-corrected chi connectivity index (χ4v) is 5.22. The number of Topliss-reactive ketones (excluding diaryl/α,β-unsaturated/α-hetero) is 1. The lowest BCUT2D eigenvalue weighted by Crippen LogP contribution is -2.16. The highest BCUT2D eigenvalue weighted by molar-refractivity contribution is 7.95. The summed E-state index contributed by atoms with van der Waals surface area (Å²) in [6, 6.07) is 16.4. The topological polar surface area (TPSA) is 51.2 Å². The van der Waals surface area contributed by atoms with E-state index in [9.17, 15) is 13.2 Å². The second kappa shape index (κ2) is 8.62. The first-order valence-electron chi connectivity index (χ1n) is 8.30. The van der Waals surface area contributed by atoms with Crippen molar-refractivity contribution in [3.63, 3.8) is 0 Å². The molecule has 3 nitrogen and oxygen atoms in total. The van der Waals surface area contributed by atoms with Gasteiger partial charge in [-0.2, -0.15) is 0 Å². The van der Waals surface area contributed by atoms with Crippen LogP contribution in [0.2, 0.25) is 10.0 Å². The van der Waals surface area contributed by atoms with Crippen molar-refractivity contribution in [3.05, 3.63) is 96.5 Å². The second-order valence-corrected chi connectivity index (χ2v) is 10.3. The third kappa shape index (κ3) is 5.11. The molecule has 3 rings (SSSR count). The van der Waals surface area contributed by atoms with Crippen LogP contribution in [0.4, 0.5) is 0 Å². The van der Waals surface area contributed by atoms with E-state index in [-0.39, 0.29) is 16.2 Å². The zero-order valence-electron chi connectivity index (χ0n) is 14.9. The van der Waals surface area contributed by atoms with E-state index in [1.165, 1.54) is 29.5 Å². The predicted octanol–water partition coefficient (Wildman–Crippen LogP) is 6.20. The molecule has 1 aromatic heterocycles. The fourth-order valence-electron chi connectivity index (χ4n) is 2.58. The Morgan fingerprint density at radius 2 is 1.50 bits per heavy atom. The van der Waals surface area contributed by atoms with Crippen LogP contribution in [-0.2, 0) is 15.6 Å². The molecule has 0 atom stereocenters. The number of ketones is 1. The third-order valence-corrected chi connectivity index (χ3v) is 7.11. The van der Waals surface area contributed by atoms with E-state index in [4.69, 9.17) is 23.2 Å². The molecule has 0 N–H and O–H groups in total. The number of hydrogen-bond acceptors (Lipinski definition) is 4. The Kier molecular flexibility index (Phi) is 6.40. The minimum absolute atomic E-state index is 0.244. The first-order chi connectivity index (χ1) is 13.2. The summed E-state index contributed by atoms with van der Waals surface area (Å²) in [7, 11) is -3.89. The van der Waals surface area contributed by atoms with E-state index in [1.807, 2.05) is 13.0 Å². The van der Waals surface area contributed by atoms with Gasteiger partial charge in [0.1, 0.15) is 4.91 Å². The van der Waals surface area contributed by atoms with Crippen LogP contribution >= 0.6 is 34.5 Å². The Morgan fingerprint density at radius 1 is 0.929 bits per heavy atom. The number of benzene rings is 2. The highest BCUT2D eigenvalue weighted by Gasteiger charge is 2.26. The van der Waals surface area contributed by atoms with E-state index < -0.39 is 15.6 Å². The minimum atomic E-state index is -3.89. The van der Waals surface area contributed by atoms with E-state index in [1.54, 1.807) is 42.5 Å². The molecular formula is C21H16Cl2O3S2. The number of carbonyl (C=O) groups excluding carboxylic acids is 1. The van der Waals surface area contributed by atoms with Gasteiger partial charge in [0.05, 0.1) is 5.75 Å². The summed E-state index contributed by atoms with van der Waals surface area (Å²) >= 11 is 13.2. The van der Waals surface area contributed by atoms with Crippen LogP contribution < -0.4 is 0 Å². The van der Waals surface area contributed by atoms with E-state index in [2.05, 4.69) is 0 Å². The molecule has 2 aromatic carbocycles. The van der Waals surface area contributed by atoms with Crippen molar-refractivity contribution in [1.82, 2.24) is 0 Å². The van der Waals surface area contributed by atoms with Gasteiger partial charge in [-0.05, 0) is 67.1 Å². The molecule has 0 saturated heterocycles. The normalized spacial score (nSPS) is 12.2. The van der Waals surface area contributed by atoms with E-state index >= 15 is 0 Å². The van der Waals surface area contributed by atoms with Gasteiger partial charge in [-0.15, -0.1) is 11.3 Å². The lowest BCUT2D eigenvalue weighted by molar-refractivity contribution is 0.104. The first kappa shape index (κ1) is 20.8. The Balaban J connectivity index is 2.04. The SMILES string of the molecule is Cc1ccc(/C=C(\C(=O)c2ccc(Cl)cc2)S(=O)(=O)Cc2ccc(Cl)cc2)s1. The number of hydrogen-bond donors (Lipinski definition) is 0. The van der Waals surface area contributed by atoms with Crippen molar-refractivity contribution in [2.24, 2.45) is 0 Å². The molecule has 0 aliphatic carbocycles. The molecule has 144 valence electrons. The largest absolute Gasteiger partial charge is 0.288 e. The van der Waals surface area contributed by atoms with Crippen molar-refractivity contribution in [3.8, 4) is 0 Å². The highest BCUT2D eigenvalue weighted by Crippen LogP contribution is 2.26. The van der Waals surface area contributed by atoms with Crippen LogP contribution in [-0.4, -0.2) is 14.2 Å². The average molecular weight is 451 g/mol. The molecule has 0 fully saturated rings. The van der Waals surface area contributed by atoms with Gasteiger partial charge < -0.3 is 0 Å². The fraction of sp³-hybridized carbons (Fsp3) is 0.0952. The molecule has 0 radical (unpaired) electrons. The molecule has 0 aliphatic heterocycles. The monoisotopic (exact) mass is 450 g/mol. The zero-order valence-corrected chi connectivity index (χ0v) is 18.0. The van der Waals surface area contributed by atoms with Gasteiger partial charge in [-0.25, -0.2) is 8.42 Å². The summed E-state index contributed by atoms with van der Waals surface area (Å²) in [5.74, 6) is -0.851. The molecular weight excluding hydrogens is 435 g/mol. The van der Waals surface area contributed by atoms with Crippen molar-refractivity contribution in [2.45, 2.75) is 12.7 Å². The van der Waals surface area contributed by atoms with E-state index in [0.29, 0.717) is 20.5 Å². The molecule has 0 aliphatic rings. The number of rotatable bonds is 6. The van der Waals surface area contributed by atoms with Gasteiger partial charge in [0, 0.05) is 25.4 Å². The summed E-state index contributed by atoms with van der Waals surface area (Å²) in [6.07, 6.45) is 1.44. The van der Waals surface area contributed by atoms with Crippen LogP contribution in [0.1, 0.15) is 25.7 Å². The predicted molar refractivity (Wildman–Crippen MR) is 117 cm³/mol. The molecule has 28 heavy (non-hydrogen) atoms. The molecule has 0 bridgehead atoms. The van der Waals surface area contributed by atoms with Crippen molar-refractivity contribution < 1.29 is 13.2 Å². The number of aryl methyl sites for hydroxylation is 1. The highest BCUT2D eigenvalue weighted by atomic mass is 35.5. The summed E-state index contributed by atoms with van der Waals surface area (Å²) in [5.41, 5.74) is 0.824. The van der Waals surface area contributed by atoms with Crippen LogP contribution in [0.5, 0.6) is 0 Å². The minimum Gasteiger partial charge on any atom is -0.288 e. The van der Waals surface area contributed by atoms with Crippen molar-refractivity contribution in [1.29, 1.82) is 0 Å². The van der Waals surface area contributed by atoms with Crippen LogP contribution in [0.25, 0.3) is 6.08 Å². The lowest BCUT2D eigenvalue weighted by atomic mass is 10.1. The summed E-state index contributed by atoms with van der Waals surface area (Å²) in [5, 5.41) is 0.989. The van der Waals surface area contributed by atoms with Gasteiger partial charge >= 0.3 is 0 Å². The number of thiophene rings is 1. The third-order valence-electron chi connectivity index (χ3n) is 3.97. The molecule has 0 amide bonds. The maximum absolute atomic E-state index is 13.1. The zero-order chi connectivity index (χ0) is 20.3. The Morgan fingerprint density at radius 3 is 2.04 bits per heavy atom. The van der Waals surface area contributed by atoms with Gasteiger partial charge in [-0.1, -0.05) is 35.3 Å². The van der Waals surface area contributed by atoms with Crippen LogP contribution in [0.3, 0.4) is 0 Å². The van der Waals surface area contributed by atoms with E-state index in [0.717, 1.165) is 4.88 Å². The van der Waals surface area contributed by atoms with Gasteiger partial charge in [-0.3, -0.25) is 4.79 Å². The average Bonchev–Trinajstić information content (AvgIpc) is 3.06. The quantitative estimate of drug-likeness (QED) is 0.331. The molecule has 1 heterocycles. The summed E-state index contributed by atoms with van der Waals surface area (Å²) in [4.78, 5) is 14.5. The smallest absolute Gasteiger partial charge is 0.204 e. The Hall–Kier alpha value is -1.92. The number of sulfone groups is 1. The lowest BCUT2D eigenvalue weighted by Gasteiger charge is -2.09. The number of allylic oxidation sites excluding steroid dienone is 1. The summed E-state index contributed by atoms with van der Waals surface area (Å²) < 4.78 is 26.3. The Labute approximate surface area is 178 Å². The Bertz CT molecular complexity index is 1130. The van der Waals surface area contributed by atoms with Gasteiger partial charge in [0.2, 0.25) is 5.78 Å². The standard InChI is InChI=1S/C21H16Cl2O3S2/c1-14-2-11-19(27-14)12-20(21(24)16-5-9-18(23)10-6-16)28(25,26)13-15-3-7-17(22)8-4-15/h2-12H,13H2,1H3/b20-12+.